The Morgan fingerprint density at radius 2 is 1.46 bits per heavy atom. The van der Waals surface area contributed by atoms with Crippen LogP contribution in [0, 0.1) is 5.82 Å². The van der Waals surface area contributed by atoms with Crippen molar-refractivity contribution >= 4 is 5.78 Å². The molecule has 0 N–H and O–H groups in total. The van der Waals surface area contributed by atoms with E-state index >= 15 is 0 Å². The summed E-state index contributed by atoms with van der Waals surface area (Å²) in [7, 11) is 0. The molecule has 0 saturated heterocycles. The summed E-state index contributed by atoms with van der Waals surface area (Å²) in [5.74, 6) is -0.157. The fourth-order valence-corrected chi connectivity index (χ4v) is 3.30. The van der Waals surface area contributed by atoms with Gasteiger partial charge in [-0.25, -0.2) is 4.39 Å². The number of carbonyl (C=O) groups is 1. The van der Waals surface area contributed by atoms with E-state index in [9.17, 15) is 9.18 Å². The van der Waals surface area contributed by atoms with Gasteiger partial charge in [0, 0.05) is 11.1 Å². The molecule has 0 saturated carbocycles. The average Bonchev–Trinajstić information content (AvgIpc) is 2.64. The van der Waals surface area contributed by atoms with E-state index in [0.717, 1.165) is 24.0 Å². The van der Waals surface area contributed by atoms with Crippen LogP contribution in [0.5, 0.6) is 0 Å². The molecule has 0 radical (unpaired) electrons. The Morgan fingerprint density at radius 1 is 0.846 bits per heavy atom. The fraction of sp³-hybridized carbons (Fsp3) is 0.458. The van der Waals surface area contributed by atoms with Gasteiger partial charge in [0.05, 0.1) is 0 Å². The lowest BCUT2D eigenvalue weighted by Gasteiger charge is -2.08. The molecular weight excluding hydrogens is 323 g/mol. The van der Waals surface area contributed by atoms with Crippen LogP contribution in [0.3, 0.4) is 0 Å². The summed E-state index contributed by atoms with van der Waals surface area (Å²) in [6.07, 6.45) is 11.2. The van der Waals surface area contributed by atoms with Crippen LogP contribution >= 0.6 is 0 Å². The minimum atomic E-state index is -0.183. The molecule has 0 spiro atoms. The number of ketones is 1. The summed E-state index contributed by atoms with van der Waals surface area (Å²) in [6.45, 7) is 3.78. The Morgan fingerprint density at radius 3 is 2.04 bits per heavy atom. The van der Waals surface area contributed by atoms with Crippen molar-refractivity contribution in [3.05, 3.63) is 59.4 Å². The standard InChI is InChI=1S/C24H31FO/c1-3-4-5-6-7-8-9-10-11-20-12-17-23(24(25)18-20)22-15-13-21(14-16-22)19(2)26/h12-18H,3-11H2,1-2H3. The van der Waals surface area contributed by atoms with Gasteiger partial charge in [0.15, 0.2) is 5.78 Å². The lowest BCUT2D eigenvalue weighted by molar-refractivity contribution is 0.101. The second-order valence-corrected chi connectivity index (χ2v) is 7.17. The Kier molecular flexibility index (Phi) is 8.53. The quantitative estimate of drug-likeness (QED) is 0.304. The van der Waals surface area contributed by atoms with E-state index in [1.54, 1.807) is 18.2 Å². The molecule has 26 heavy (non-hydrogen) atoms. The van der Waals surface area contributed by atoms with Gasteiger partial charge in [-0.2, -0.15) is 0 Å². The van der Waals surface area contributed by atoms with Crippen LogP contribution in [0.1, 0.15) is 81.1 Å². The van der Waals surface area contributed by atoms with Gasteiger partial charge in [0.25, 0.3) is 0 Å². The van der Waals surface area contributed by atoms with Gasteiger partial charge in [0.2, 0.25) is 0 Å². The number of unbranched alkanes of at least 4 members (excludes halogenated alkanes) is 7. The molecule has 140 valence electrons. The molecule has 2 aromatic carbocycles. The molecule has 0 unspecified atom stereocenters. The molecule has 0 fully saturated rings. The van der Waals surface area contributed by atoms with Crippen molar-refractivity contribution < 1.29 is 9.18 Å². The van der Waals surface area contributed by atoms with Crippen molar-refractivity contribution in [2.75, 3.05) is 0 Å². The summed E-state index contributed by atoms with van der Waals surface area (Å²) in [5.41, 5.74) is 3.13. The van der Waals surface area contributed by atoms with Crippen LogP contribution in [0.2, 0.25) is 0 Å². The highest BCUT2D eigenvalue weighted by Crippen LogP contribution is 2.25. The van der Waals surface area contributed by atoms with Crippen LogP contribution in [-0.2, 0) is 6.42 Å². The first-order valence-corrected chi connectivity index (χ1v) is 10.0. The van der Waals surface area contributed by atoms with E-state index in [1.807, 2.05) is 24.3 Å². The lowest BCUT2D eigenvalue weighted by atomic mass is 9.99. The minimum absolute atomic E-state index is 0.0257. The van der Waals surface area contributed by atoms with Gasteiger partial charge >= 0.3 is 0 Å². The van der Waals surface area contributed by atoms with Crippen molar-refractivity contribution in [2.24, 2.45) is 0 Å². The molecule has 0 amide bonds. The van der Waals surface area contributed by atoms with Crippen molar-refractivity contribution in [1.82, 2.24) is 0 Å². The van der Waals surface area contributed by atoms with E-state index in [2.05, 4.69) is 6.92 Å². The Balaban J connectivity index is 1.82. The smallest absolute Gasteiger partial charge is 0.159 e. The predicted molar refractivity (Wildman–Crippen MR) is 108 cm³/mol. The number of hydrogen-bond donors (Lipinski definition) is 0. The largest absolute Gasteiger partial charge is 0.295 e. The second-order valence-electron chi connectivity index (χ2n) is 7.17. The molecule has 0 aliphatic carbocycles. The second kappa shape index (κ2) is 10.9. The van der Waals surface area contributed by atoms with E-state index in [0.29, 0.717) is 11.1 Å². The van der Waals surface area contributed by atoms with Crippen LogP contribution in [-0.4, -0.2) is 5.78 Å². The normalized spacial score (nSPS) is 10.9. The Hall–Kier alpha value is -1.96. The van der Waals surface area contributed by atoms with E-state index < -0.39 is 0 Å². The monoisotopic (exact) mass is 354 g/mol. The molecule has 2 rings (SSSR count). The molecule has 0 heterocycles. The van der Waals surface area contributed by atoms with Gasteiger partial charge in [-0.15, -0.1) is 0 Å². The number of carbonyl (C=O) groups excluding carboxylic acids is 1. The first-order chi connectivity index (χ1) is 12.6. The third-order valence-corrected chi connectivity index (χ3v) is 4.95. The van der Waals surface area contributed by atoms with Crippen LogP contribution in [0.4, 0.5) is 4.39 Å². The number of benzene rings is 2. The zero-order valence-corrected chi connectivity index (χ0v) is 16.2. The van der Waals surface area contributed by atoms with Crippen molar-refractivity contribution in [2.45, 2.75) is 71.6 Å². The van der Waals surface area contributed by atoms with E-state index in [-0.39, 0.29) is 11.6 Å². The molecule has 0 atom stereocenters. The summed E-state index contributed by atoms with van der Waals surface area (Å²) in [6, 6.07) is 12.7. The zero-order valence-electron chi connectivity index (χ0n) is 16.2. The summed E-state index contributed by atoms with van der Waals surface area (Å²) < 4.78 is 14.5. The minimum Gasteiger partial charge on any atom is -0.295 e. The summed E-state index contributed by atoms with van der Waals surface area (Å²) >= 11 is 0. The first kappa shape index (κ1) is 20.4. The average molecular weight is 355 g/mol. The van der Waals surface area contributed by atoms with E-state index in [4.69, 9.17) is 0 Å². The zero-order chi connectivity index (χ0) is 18.8. The van der Waals surface area contributed by atoms with Crippen LogP contribution < -0.4 is 0 Å². The van der Waals surface area contributed by atoms with Crippen molar-refractivity contribution in [3.63, 3.8) is 0 Å². The molecule has 0 aromatic heterocycles. The fourth-order valence-electron chi connectivity index (χ4n) is 3.30. The third kappa shape index (κ3) is 6.40. The van der Waals surface area contributed by atoms with Crippen LogP contribution in [0.25, 0.3) is 11.1 Å². The number of Topliss-reactive ketones (excluding diaryl/α,β-unsaturated/α-hetero) is 1. The van der Waals surface area contributed by atoms with Gasteiger partial charge in [-0.05, 0) is 37.0 Å². The van der Waals surface area contributed by atoms with Gasteiger partial charge in [0.1, 0.15) is 5.82 Å². The highest BCUT2D eigenvalue weighted by molar-refractivity contribution is 5.94. The predicted octanol–water partition coefficient (Wildman–Crippen LogP) is 7.38. The molecule has 0 aliphatic rings. The van der Waals surface area contributed by atoms with E-state index in [1.165, 1.54) is 51.9 Å². The van der Waals surface area contributed by atoms with Crippen molar-refractivity contribution in [1.29, 1.82) is 0 Å². The van der Waals surface area contributed by atoms with Gasteiger partial charge in [-0.3, -0.25) is 4.79 Å². The third-order valence-electron chi connectivity index (χ3n) is 4.95. The maximum Gasteiger partial charge on any atom is 0.159 e. The summed E-state index contributed by atoms with van der Waals surface area (Å²) in [5, 5.41) is 0. The highest BCUT2D eigenvalue weighted by Gasteiger charge is 2.07. The van der Waals surface area contributed by atoms with Gasteiger partial charge < -0.3 is 0 Å². The molecule has 0 aliphatic heterocycles. The maximum absolute atomic E-state index is 14.5. The van der Waals surface area contributed by atoms with Crippen LogP contribution in [0.15, 0.2) is 42.5 Å². The Labute approximate surface area is 157 Å². The first-order valence-electron chi connectivity index (χ1n) is 10.0. The Bertz CT molecular complexity index is 688. The number of hydrogen-bond acceptors (Lipinski definition) is 1. The van der Waals surface area contributed by atoms with Gasteiger partial charge in [-0.1, -0.05) is 88.3 Å². The summed E-state index contributed by atoms with van der Waals surface area (Å²) in [4.78, 5) is 11.3. The lowest BCUT2D eigenvalue weighted by Crippen LogP contribution is -1.93. The number of halogens is 1. The molecule has 2 aromatic rings. The SMILES string of the molecule is CCCCCCCCCCc1ccc(-c2ccc(C(C)=O)cc2)c(F)c1. The number of aryl methyl sites for hydroxylation is 1. The molecule has 2 heteroatoms. The molecule has 0 bridgehead atoms. The molecular formula is C24H31FO. The highest BCUT2D eigenvalue weighted by atomic mass is 19.1. The molecule has 1 nitrogen and oxygen atoms in total. The maximum atomic E-state index is 14.5. The topological polar surface area (TPSA) is 17.1 Å². The van der Waals surface area contributed by atoms with Crippen molar-refractivity contribution in [3.8, 4) is 11.1 Å². The number of rotatable bonds is 11.